The van der Waals surface area contributed by atoms with Gasteiger partial charge in [-0.15, -0.1) is 0 Å². The molecule has 0 aromatic carbocycles. The van der Waals surface area contributed by atoms with Gasteiger partial charge in [0.25, 0.3) is 22.0 Å². The van der Waals surface area contributed by atoms with Crippen LogP contribution in [-0.2, 0) is 19.8 Å². The van der Waals surface area contributed by atoms with Gasteiger partial charge in [0.05, 0.1) is 6.54 Å². The molecule has 2 heterocycles. The number of rotatable bonds is 7. The van der Waals surface area contributed by atoms with E-state index in [0.717, 1.165) is 24.3 Å². The Kier molecular flexibility index (Phi) is 7.00. The number of nitrogens with one attached hydrogen (secondary N) is 2. The van der Waals surface area contributed by atoms with Crippen molar-refractivity contribution in [1.82, 2.24) is 29.3 Å². The van der Waals surface area contributed by atoms with Crippen LogP contribution in [0.15, 0.2) is 0 Å². The molecule has 12 heteroatoms. The number of carbonyl (C=O) groups is 3. The predicted molar refractivity (Wildman–Crippen MR) is 109 cm³/mol. The lowest BCUT2D eigenvalue weighted by molar-refractivity contribution is -0.140. The monoisotopic (exact) mass is 444 g/mol. The minimum Gasteiger partial charge on any atom is -0.322 e. The summed E-state index contributed by atoms with van der Waals surface area (Å²) in [6.45, 7) is 5.80. The van der Waals surface area contributed by atoms with Gasteiger partial charge in [-0.3, -0.25) is 19.9 Å². The molecule has 0 aromatic heterocycles. The van der Waals surface area contributed by atoms with Gasteiger partial charge in [0.15, 0.2) is 0 Å². The molecule has 11 nitrogen and oxygen atoms in total. The molecule has 0 unspecified atom stereocenters. The number of hydrogen-bond acceptors (Lipinski definition) is 6. The van der Waals surface area contributed by atoms with E-state index >= 15 is 0 Å². The van der Waals surface area contributed by atoms with Crippen molar-refractivity contribution in [2.75, 3.05) is 45.8 Å². The highest BCUT2D eigenvalue weighted by Gasteiger charge is 2.52. The molecule has 2 saturated heterocycles. The number of nitrogens with zero attached hydrogens (tertiary/aromatic N) is 4. The smallest absolute Gasteiger partial charge is 0.322 e. The van der Waals surface area contributed by atoms with Crippen molar-refractivity contribution in [3.05, 3.63) is 0 Å². The first kappa shape index (κ1) is 22.9. The quantitative estimate of drug-likeness (QED) is 0.510. The molecule has 0 atom stereocenters. The number of carbonyl (C=O) groups excluding carboxylic acids is 3. The predicted octanol–water partition coefficient (Wildman–Crippen LogP) is -0.523. The van der Waals surface area contributed by atoms with Crippen LogP contribution in [0.2, 0.25) is 0 Å². The van der Waals surface area contributed by atoms with Crippen LogP contribution < -0.4 is 10.7 Å². The number of piperazine rings is 1. The summed E-state index contributed by atoms with van der Waals surface area (Å²) in [5, 5.41) is 3.55. The summed E-state index contributed by atoms with van der Waals surface area (Å²) >= 11 is 0. The summed E-state index contributed by atoms with van der Waals surface area (Å²) in [7, 11) is -3.49. The molecule has 3 rings (SSSR count). The van der Waals surface area contributed by atoms with Gasteiger partial charge in [0.2, 0.25) is 0 Å². The van der Waals surface area contributed by atoms with Crippen LogP contribution in [0.3, 0.4) is 0 Å². The molecule has 2 aliphatic heterocycles. The van der Waals surface area contributed by atoms with Crippen molar-refractivity contribution >= 4 is 28.1 Å². The average Bonchev–Trinajstić information content (AvgIpc) is 2.93. The van der Waals surface area contributed by atoms with Crippen molar-refractivity contribution in [3.63, 3.8) is 0 Å². The molecule has 170 valence electrons. The third-order valence-electron chi connectivity index (χ3n) is 6.16. The molecule has 4 amide bonds. The summed E-state index contributed by atoms with van der Waals surface area (Å²) in [4.78, 5) is 39.2. The zero-order chi connectivity index (χ0) is 21.9. The Bertz CT molecular complexity index is 770. The first-order valence-corrected chi connectivity index (χ1v) is 12.1. The van der Waals surface area contributed by atoms with Gasteiger partial charge in [0.1, 0.15) is 5.54 Å². The summed E-state index contributed by atoms with van der Waals surface area (Å²) in [5.41, 5.74) is 1.54. The highest BCUT2D eigenvalue weighted by atomic mass is 32.2. The summed E-state index contributed by atoms with van der Waals surface area (Å²) in [5.74, 6) is -0.859. The maximum atomic E-state index is 12.7. The average molecular weight is 445 g/mol. The van der Waals surface area contributed by atoms with Crippen molar-refractivity contribution in [2.24, 2.45) is 0 Å². The number of imide groups is 1. The lowest BCUT2D eigenvalue weighted by Gasteiger charge is -2.36. The fraction of sp³-hybridized carbons (Fsp3) is 0.833. The molecule has 3 aliphatic rings. The van der Waals surface area contributed by atoms with E-state index in [2.05, 4.69) is 10.7 Å². The number of amides is 4. The molecule has 30 heavy (non-hydrogen) atoms. The third kappa shape index (κ3) is 4.46. The maximum absolute atomic E-state index is 12.7. The van der Waals surface area contributed by atoms with Crippen LogP contribution in [0.1, 0.15) is 46.0 Å². The fourth-order valence-corrected chi connectivity index (χ4v) is 6.01. The zero-order valence-electron chi connectivity index (χ0n) is 17.7. The number of hydrazine groups is 1. The molecule has 2 N–H and O–H groups in total. The standard InChI is InChI=1S/C18H32N6O5S/c1-3-22(4-2)30(28,29)23-12-10-21(11-13-23)14-15(25)20-24-16(26)18(19-17(24)27)8-6-5-7-9-18/h3-14H2,1-2H3,(H,19,27)(H,20,25). The lowest BCUT2D eigenvalue weighted by Crippen LogP contribution is -2.56. The molecular formula is C18H32N6O5S. The van der Waals surface area contributed by atoms with E-state index in [1.165, 1.54) is 8.61 Å². The SMILES string of the molecule is CCN(CC)S(=O)(=O)N1CCN(CC(=O)NN2C(=O)NC3(CCCCC3)C2=O)CC1. The van der Waals surface area contributed by atoms with Crippen LogP contribution in [0.4, 0.5) is 4.79 Å². The number of urea groups is 1. The fourth-order valence-electron chi connectivity index (χ4n) is 4.41. The van der Waals surface area contributed by atoms with Gasteiger partial charge in [-0.2, -0.15) is 22.0 Å². The second-order valence-electron chi connectivity index (χ2n) is 8.02. The van der Waals surface area contributed by atoms with E-state index in [0.29, 0.717) is 52.1 Å². The second kappa shape index (κ2) is 9.16. The Morgan fingerprint density at radius 2 is 1.67 bits per heavy atom. The van der Waals surface area contributed by atoms with Gasteiger partial charge in [-0.1, -0.05) is 33.1 Å². The Morgan fingerprint density at radius 3 is 2.23 bits per heavy atom. The highest BCUT2D eigenvalue weighted by Crippen LogP contribution is 2.32. The van der Waals surface area contributed by atoms with Gasteiger partial charge >= 0.3 is 6.03 Å². The first-order valence-electron chi connectivity index (χ1n) is 10.7. The van der Waals surface area contributed by atoms with E-state index < -0.39 is 33.6 Å². The summed E-state index contributed by atoms with van der Waals surface area (Å²) < 4.78 is 28.0. The molecule has 1 saturated carbocycles. The minimum absolute atomic E-state index is 0.0107. The van der Waals surface area contributed by atoms with Crippen LogP contribution in [-0.4, -0.2) is 96.1 Å². The first-order chi connectivity index (χ1) is 14.2. The van der Waals surface area contributed by atoms with Crippen LogP contribution in [0.25, 0.3) is 0 Å². The number of hydrogen-bond donors (Lipinski definition) is 2. The molecular weight excluding hydrogens is 412 g/mol. The van der Waals surface area contributed by atoms with Crippen molar-refractivity contribution in [2.45, 2.75) is 51.5 Å². The zero-order valence-corrected chi connectivity index (χ0v) is 18.5. The molecule has 0 aromatic rings. The van der Waals surface area contributed by atoms with E-state index in [1.807, 2.05) is 4.90 Å². The van der Waals surface area contributed by atoms with Crippen molar-refractivity contribution < 1.29 is 22.8 Å². The highest BCUT2D eigenvalue weighted by molar-refractivity contribution is 7.86. The van der Waals surface area contributed by atoms with Crippen molar-refractivity contribution in [1.29, 1.82) is 0 Å². The molecule has 0 bridgehead atoms. The molecule has 1 spiro atoms. The normalized spacial score (nSPS) is 23.2. The minimum atomic E-state index is -3.49. The van der Waals surface area contributed by atoms with Gasteiger partial charge in [0, 0.05) is 39.3 Å². The maximum Gasteiger partial charge on any atom is 0.344 e. The van der Waals surface area contributed by atoms with E-state index in [1.54, 1.807) is 13.8 Å². The lowest BCUT2D eigenvalue weighted by atomic mass is 9.82. The molecule has 3 fully saturated rings. The Labute approximate surface area is 177 Å². The summed E-state index contributed by atoms with van der Waals surface area (Å²) in [6.07, 6.45) is 3.95. The summed E-state index contributed by atoms with van der Waals surface area (Å²) in [6, 6.07) is -0.592. The van der Waals surface area contributed by atoms with E-state index in [-0.39, 0.29) is 6.54 Å². The van der Waals surface area contributed by atoms with Crippen LogP contribution in [0.5, 0.6) is 0 Å². The largest absolute Gasteiger partial charge is 0.344 e. The van der Waals surface area contributed by atoms with Crippen molar-refractivity contribution in [3.8, 4) is 0 Å². The van der Waals surface area contributed by atoms with Gasteiger partial charge in [-0.25, -0.2) is 4.79 Å². The molecule has 1 aliphatic carbocycles. The van der Waals surface area contributed by atoms with Crippen LogP contribution >= 0.6 is 0 Å². The Balaban J connectivity index is 1.51. The van der Waals surface area contributed by atoms with Gasteiger partial charge in [-0.05, 0) is 12.8 Å². The topological polar surface area (TPSA) is 122 Å². The Hall–Kier alpha value is -1.76. The third-order valence-corrected chi connectivity index (χ3v) is 8.35. The molecule has 0 radical (unpaired) electrons. The van der Waals surface area contributed by atoms with E-state index in [9.17, 15) is 22.8 Å². The van der Waals surface area contributed by atoms with Crippen LogP contribution in [0, 0.1) is 0 Å². The van der Waals surface area contributed by atoms with Gasteiger partial charge < -0.3 is 5.32 Å². The Morgan fingerprint density at radius 1 is 1.07 bits per heavy atom. The van der Waals surface area contributed by atoms with E-state index in [4.69, 9.17) is 0 Å². The second-order valence-corrected chi connectivity index (χ2v) is 9.94.